The number of carbonyl (C=O) groups is 2. The Morgan fingerprint density at radius 2 is 1.94 bits per heavy atom. The summed E-state index contributed by atoms with van der Waals surface area (Å²) in [7, 11) is -2.04. The van der Waals surface area contributed by atoms with Crippen LogP contribution < -0.4 is 15.4 Å². The van der Waals surface area contributed by atoms with Crippen molar-refractivity contribution in [3.05, 3.63) is 22.7 Å². The zero-order chi connectivity index (χ0) is 23.4. The molecule has 0 atom stereocenters. The summed E-state index contributed by atoms with van der Waals surface area (Å²) in [6, 6.07) is 1.66. The summed E-state index contributed by atoms with van der Waals surface area (Å²) in [5, 5.41) is 13.9. The lowest BCUT2D eigenvalue weighted by Gasteiger charge is -2.17. The van der Waals surface area contributed by atoms with Gasteiger partial charge in [-0.15, -0.1) is 13.2 Å². The highest BCUT2D eigenvalue weighted by Crippen LogP contribution is 2.38. The second-order valence-corrected chi connectivity index (χ2v) is 8.46. The van der Waals surface area contributed by atoms with Crippen LogP contribution in [0.15, 0.2) is 12.1 Å². The summed E-state index contributed by atoms with van der Waals surface area (Å²) in [6.07, 6.45) is -5.57. The van der Waals surface area contributed by atoms with Crippen LogP contribution in [0.5, 0.6) is 5.75 Å². The molecule has 1 aromatic heterocycles. The number of ether oxygens (including phenoxy) is 2. The van der Waals surface area contributed by atoms with Crippen LogP contribution in [0.3, 0.4) is 0 Å². The van der Waals surface area contributed by atoms with Crippen molar-refractivity contribution in [2.45, 2.75) is 6.36 Å². The Morgan fingerprint density at radius 3 is 2.48 bits per heavy atom. The van der Waals surface area contributed by atoms with Crippen LogP contribution in [0, 0.1) is 0 Å². The molecule has 2 aromatic rings. The molecule has 0 spiro atoms. The number of aromatic nitrogens is 4. The molecule has 1 aromatic carbocycles. The van der Waals surface area contributed by atoms with Gasteiger partial charge in [0.15, 0.2) is 15.6 Å². The molecule has 2 N–H and O–H groups in total. The fraction of sp³-hybridized carbons (Fsp3) is 0.357. The predicted octanol–water partition coefficient (Wildman–Crippen LogP) is 1.61. The summed E-state index contributed by atoms with van der Waals surface area (Å²) in [6.45, 7) is -0.572. The molecule has 0 aliphatic heterocycles. The molecule has 0 fully saturated rings. The third-order valence-electron chi connectivity index (χ3n) is 3.33. The van der Waals surface area contributed by atoms with Gasteiger partial charge in [0.25, 0.3) is 5.91 Å². The minimum atomic E-state index is -5.14. The van der Waals surface area contributed by atoms with E-state index in [4.69, 9.17) is 11.6 Å². The molecule has 0 bridgehead atoms. The van der Waals surface area contributed by atoms with Gasteiger partial charge in [0.05, 0.1) is 16.3 Å². The number of hydrogen-bond acceptors (Lipinski definition) is 9. The van der Waals surface area contributed by atoms with Crippen LogP contribution in [-0.2, 0) is 21.6 Å². The van der Waals surface area contributed by atoms with Gasteiger partial charge in [0.1, 0.15) is 12.3 Å². The van der Waals surface area contributed by atoms with Crippen LogP contribution in [0.1, 0.15) is 10.4 Å². The summed E-state index contributed by atoms with van der Waals surface area (Å²) in [5.74, 6) is -2.45. The maximum atomic E-state index is 12.7. The average molecular weight is 487 g/mol. The van der Waals surface area contributed by atoms with E-state index >= 15 is 0 Å². The zero-order valence-corrected chi connectivity index (χ0v) is 17.3. The molecule has 0 saturated heterocycles. The summed E-state index contributed by atoms with van der Waals surface area (Å²) >= 11 is 6.04. The molecular weight excluding hydrogens is 473 g/mol. The van der Waals surface area contributed by atoms with Crippen molar-refractivity contribution in [1.29, 1.82) is 0 Å². The first-order valence-corrected chi connectivity index (χ1v) is 10.4. The second-order valence-electron chi connectivity index (χ2n) is 5.82. The first-order chi connectivity index (χ1) is 14.3. The molecule has 17 heteroatoms. The molecule has 0 unspecified atom stereocenters. The number of anilines is 2. The molecule has 2 amide bonds. The first-order valence-electron chi connectivity index (χ1n) is 8.00. The normalized spacial score (nSPS) is 11.7. The molecule has 0 aliphatic rings. The minimum absolute atomic E-state index is 0.0913. The summed E-state index contributed by atoms with van der Waals surface area (Å²) in [5.41, 5.74) is -1.09. The van der Waals surface area contributed by atoms with E-state index in [0.29, 0.717) is 0 Å². The highest BCUT2D eigenvalue weighted by atomic mass is 35.5. The highest BCUT2D eigenvalue weighted by molar-refractivity contribution is 7.90. The van der Waals surface area contributed by atoms with Crippen molar-refractivity contribution in [2.24, 2.45) is 7.05 Å². The fourth-order valence-corrected chi connectivity index (χ4v) is 2.66. The smallest absolute Gasteiger partial charge is 0.448 e. The van der Waals surface area contributed by atoms with Crippen LogP contribution in [-0.4, -0.2) is 65.6 Å². The van der Waals surface area contributed by atoms with Gasteiger partial charge in [0, 0.05) is 13.3 Å². The highest BCUT2D eigenvalue weighted by Gasteiger charge is 2.34. The number of amides is 2. The Bertz CT molecular complexity index is 1090. The number of nitrogens with zero attached hydrogens (tertiary/aromatic N) is 4. The van der Waals surface area contributed by atoms with Crippen molar-refractivity contribution in [3.63, 3.8) is 0 Å². The SMILES string of the molecule is Cn1nnnc1NC(=O)c1ccc(OC(F)(F)F)c(NC(=O)OCCS(C)(=O)=O)c1Cl. The molecule has 2 rings (SSSR count). The number of benzene rings is 1. The second kappa shape index (κ2) is 9.34. The number of nitrogens with one attached hydrogen (secondary N) is 2. The van der Waals surface area contributed by atoms with Gasteiger partial charge in [-0.25, -0.2) is 17.9 Å². The lowest BCUT2D eigenvalue weighted by atomic mass is 10.1. The Labute approximate surface area is 177 Å². The van der Waals surface area contributed by atoms with Crippen molar-refractivity contribution in [3.8, 4) is 5.75 Å². The number of tetrazole rings is 1. The van der Waals surface area contributed by atoms with Gasteiger partial charge in [-0.3, -0.25) is 15.4 Å². The van der Waals surface area contributed by atoms with E-state index in [1.54, 1.807) is 0 Å². The van der Waals surface area contributed by atoms with Gasteiger partial charge in [-0.05, 0) is 22.6 Å². The lowest BCUT2D eigenvalue weighted by Crippen LogP contribution is -2.23. The average Bonchev–Trinajstić information content (AvgIpc) is 3.00. The standard InChI is InChI=1S/C14H14ClF3N6O6S/c1-24-12(21-22-23-24)20-11(25)7-3-4-8(30-14(16,17)18)10(9(7)15)19-13(26)29-5-6-31(2,27)28/h3-4H,5-6H2,1-2H3,(H,19,26)(H,20,21,23,25). The Hall–Kier alpha value is -3.14. The van der Waals surface area contributed by atoms with E-state index in [2.05, 4.69) is 30.3 Å². The Kier molecular flexibility index (Phi) is 7.27. The van der Waals surface area contributed by atoms with E-state index in [1.165, 1.54) is 7.05 Å². The van der Waals surface area contributed by atoms with Gasteiger partial charge in [-0.1, -0.05) is 16.7 Å². The monoisotopic (exact) mass is 486 g/mol. The third-order valence-corrected chi connectivity index (χ3v) is 4.63. The van der Waals surface area contributed by atoms with Crippen molar-refractivity contribution in [2.75, 3.05) is 29.2 Å². The molecular formula is C14H14ClF3N6O6S. The van der Waals surface area contributed by atoms with Gasteiger partial charge >= 0.3 is 12.5 Å². The Balaban J connectivity index is 2.30. The largest absolute Gasteiger partial charge is 0.573 e. The minimum Gasteiger partial charge on any atom is -0.448 e. The molecule has 1 heterocycles. The summed E-state index contributed by atoms with van der Waals surface area (Å²) < 4.78 is 69.8. The molecule has 0 saturated carbocycles. The molecule has 0 radical (unpaired) electrons. The van der Waals surface area contributed by atoms with E-state index in [-0.39, 0.29) is 11.5 Å². The number of halogens is 4. The first kappa shape index (κ1) is 24.1. The number of hydrogen-bond donors (Lipinski definition) is 2. The Morgan fingerprint density at radius 1 is 1.26 bits per heavy atom. The van der Waals surface area contributed by atoms with Gasteiger partial charge in [0.2, 0.25) is 5.95 Å². The van der Waals surface area contributed by atoms with Crippen molar-refractivity contribution >= 4 is 45.1 Å². The lowest BCUT2D eigenvalue weighted by molar-refractivity contribution is -0.274. The zero-order valence-electron chi connectivity index (χ0n) is 15.7. The number of sulfone groups is 1. The van der Waals surface area contributed by atoms with Crippen LogP contribution >= 0.6 is 11.6 Å². The summed E-state index contributed by atoms with van der Waals surface area (Å²) in [4.78, 5) is 24.3. The number of rotatable bonds is 7. The van der Waals surface area contributed by atoms with Gasteiger partial charge < -0.3 is 9.47 Å². The molecule has 12 nitrogen and oxygen atoms in total. The van der Waals surface area contributed by atoms with Crippen LogP contribution in [0.25, 0.3) is 0 Å². The molecule has 0 aliphatic carbocycles. The topological polar surface area (TPSA) is 154 Å². The van der Waals surface area contributed by atoms with E-state index in [1.807, 2.05) is 5.32 Å². The van der Waals surface area contributed by atoms with Crippen molar-refractivity contribution in [1.82, 2.24) is 20.2 Å². The predicted molar refractivity (Wildman–Crippen MR) is 99.6 cm³/mol. The molecule has 170 valence electrons. The maximum Gasteiger partial charge on any atom is 0.573 e. The molecule has 31 heavy (non-hydrogen) atoms. The van der Waals surface area contributed by atoms with E-state index in [0.717, 1.165) is 23.1 Å². The van der Waals surface area contributed by atoms with Crippen LogP contribution in [0.2, 0.25) is 5.02 Å². The van der Waals surface area contributed by atoms with Gasteiger partial charge in [-0.2, -0.15) is 0 Å². The third kappa shape index (κ3) is 7.25. The number of aryl methyl sites for hydroxylation is 1. The quantitative estimate of drug-likeness (QED) is 0.593. The van der Waals surface area contributed by atoms with E-state index in [9.17, 15) is 31.2 Å². The number of alkyl halides is 3. The van der Waals surface area contributed by atoms with Crippen molar-refractivity contribution < 1.29 is 40.7 Å². The number of carbonyl (C=O) groups excluding carboxylic acids is 2. The van der Waals surface area contributed by atoms with E-state index < -0.39 is 57.0 Å². The fourth-order valence-electron chi connectivity index (χ4n) is 1.99. The maximum absolute atomic E-state index is 12.7. The van der Waals surface area contributed by atoms with Crippen LogP contribution in [0.4, 0.5) is 29.6 Å².